The Labute approximate surface area is 217 Å². The molecule has 0 aliphatic heterocycles. The van der Waals surface area contributed by atoms with Gasteiger partial charge in [0.1, 0.15) is 11.5 Å². The molecule has 0 aliphatic carbocycles. The summed E-state index contributed by atoms with van der Waals surface area (Å²) in [6.45, 7) is 3.18. The van der Waals surface area contributed by atoms with E-state index in [1.165, 1.54) is 83.5 Å². The molecule has 196 valence electrons. The first kappa shape index (κ1) is 27.8. The molecule has 3 rings (SSSR count). The van der Waals surface area contributed by atoms with Crippen LogP contribution in [0.15, 0.2) is 47.5 Å². The molecule has 36 heavy (non-hydrogen) atoms. The molecule has 0 amide bonds. The summed E-state index contributed by atoms with van der Waals surface area (Å²) in [5, 5.41) is 10.2. The number of ether oxygens (including phenoxy) is 1. The van der Waals surface area contributed by atoms with Crippen molar-refractivity contribution >= 4 is 23.2 Å². The van der Waals surface area contributed by atoms with Gasteiger partial charge in [0, 0.05) is 18.3 Å². The zero-order valence-electron chi connectivity index (χ0n) is 22.4. The van der Waals surface area contributed by atoms with E-state index in [0.717, 1.165) is 24.0 Å². The molecule has 1 aromatic heterocycles. The number of nitrogens with zero attached hydrogens (tertiary/aromatic N) is 3. The van der Waals surface area contributed by atoms with E-state index < -0.39 is 0 Å². The Morgan fingerprint density at radius 3 is 2.08 bits per heavy atom. The van der Waals surface area contributed by atoms with Crippen molar-refractivity contribution in [2.45, 2.75) is 103 Å². The lowest BCUT2D eigenvalue weighted by Crippen LogP contribution is -1.98. The van der Waals surface area contributed by atoms with Crippen molar-refractivity contribution in [1.82, 2.24) is 9.55 Å². The summed E-state index contributed by atoms with van der Waals surface area (Å²) in [6, 6.07) is 13.3. The van der Waals surface area contributed by atoms with Gasteiger partial charge in [-0.15, -0.1) is 0 Å². The number of imidazole rings is 1. The van der Waals surface area contributed by atoms with E-state index in [2.05, 4.69) is 22.5 Å². The smallest absolute Gasteiger partial charge is 0.230 e. The van der Waals surface area contributed by atoms with Crippen molar-refractivity contribution in [2.75, 3.05) is 7.11 Å². The third kappa shape index (κ3) is 9.00. The molecule has 0 saturated heterocycles. The number of unbranched alkanes of at least 4 members (excludes halogenated alkanes) is 13. The number of hydrogen-bond acceptors (Lipinski definition) is 4. The Morgan fingerprint density at radius 2 is 1.44 bits per heavy atom. The monoisotopic (exact) mass is 491 g/mol. The Balaban J connectivity index is 1.42. The van der Waals surface area contributed by atoms with Crippen LogP contribution in [0.25, 0.3) is 11.0 Å². The van der Waals surface area contributed by atoms with Crippen LogP contribution < -0.4 is 4.74 Å². The molecule has 2 aromatic carbocycles. The number of para-hydroxylation sites is 2. The van der Waals surface area contributed by atoms with Crippen LogP contribution in [0.1, 0.15) is 102 Å². The second-order valence-electron chi connectivity index (χ2n) is 9.83. The summed E-state index contributed by atoms with van der Waals surface area (Å²) >= 11 is 0. The second kappa shape index (κ2) is 16.0. The van der Waals surface area contributed by atoms with E-state index in [1.807, 2.05) is 18.2 Å². The Hall–Kier alpha value is -2.82. The van der Waals surface area contributed by atoms with Gasteiger partial charge in [0.15, 0.2) is 0 Å². The topological polar surface area (TPSA) is 59.6 Å². The first-order chi connectivity index (χ1) is 17.7. The molecule has 0 bridgehead atoms. The number of aromatic nitrogens is 2. The highest BCUT2D eigenvalue weighted by Gasteiger charge is 2.10. The fourth-order valence-corrected chi connectivity index (χ4v) is 4.74. The number of methoxy groups -OCH3 is 1. The minimum absolute atomic E-state index is 0.175. The highest BCUT2D eigenvalue weighted by atomic mass is 16.5. The van der Waals surface area contributed by atoms with Gasteiger partial charge in [-0.25, -0.2) is 9.98 Å². The molecule has 0 aliphatic rings. The van der Waals surface area contributed by atoms with Crippen molar-refractivity contribution in [2.24, 2.45) is 4.99 Å². The van der Waals surface area contributed by atoms with E-state index >= 15 is 0 Å². The molecule has 3 aromatic rings. The third-order valence-electron chi connectivity index (χ3n) is 6.92. The van der Waals surface area contributed by atoms with Gasteiger partial charge in [-0.1, -0.05) is 103 Å². The molecule has 1 heterocycles. The first-order valence-corrected chi connectivity index (χ1v) is 14.1. The quantitative estimate of drug-likeness (QED) is 0.143. The predicted octanol–water partition coefficient (Wildman–Crippen LogP) is 8.98. The molecular weight excluding hydrogens is 446 g/mol. The van der Waals surface area contributed by atoms with Crippen LogP contribution in [0.5, 0.6) is 11.5 Å². The van der Waals surface area contributed by atoms with Crippen LogP contribution in [0.2, 0.25) is 0 Å². The van der Waals surface area contributed by atoms with Crippen LogP contribution in [0, 0.1) is 0 Å². The molecule has 0 atom stereocenters. The van der Waals surface area contributed by atoms with Crippen molar-refractivity contribution < 1.29 is 9.84 Å². The Kier molecular flexibility index (Phi) is 12.4. The standard InChI is InChI=1S/C31H45N3O2/c1-3-4-5-6-7-8-9-10-11-12-13-14-15-18-23-34-29-20-17-16-19-28(29)33-31(34)32-25-26-24-27(36-2)21-22-30(26)35/h16-17,19-22,24-25,35H,3-15,18,23H2,1-2H3. The van der Waals surface area contributed by atoms with Crippen molar-refractivity contribution in [3.63, 3.8) is 0 Å². The van der Waals surface area contributed by atoms with E-state index in [4.69, 9.17) is 9.72 Å². The Morgan fingerprint density at radius 1 is 0.833 bits per heavy atom. The van der Waals surface area contributed by atoms with Crippen molar-refractivity contribution in [3.05, 3.63) is 48.0 Å². The largest absolute Gasteiger partial charge is 0.507 e. The predicted molar refractivity (Wildman–Crippen MR) is 152 cm³/mol. The van der Waals surface area contributed by atoms with Crippen LogP contribution in [0.4, 0.5) is 5.95 Å². The molecular formula is C31H45N3O2. The lowest BCUT2D eigenvalue weighted by Gasteiger charge is -2.07. The van der Waals surface area contributed by atoms with Gasteiger partial charge in [0.05, 0.1) is 18.1 Å². The van der Waals surface area contributed by atoms with Gasteiger partial charge in [-0.05, 0) is 36.8 Å². The Bertz CT molecular complexity index is 1060. The zero-order valence-corrected chi connectivity index (χ0v) is 22.4. The third-order valence-corrected chi connectivity index (χ3v) is 6.92. The molecule has 5 nitrogen and oxygen atoms in total. The van der Waals surface area contributed by atoms with Crippen LogP contribution in [-0.2, 0) is 6.54 Å². The number of rotatable bonds is 18. The van der Waals surface area contributed by atoms with Gasteiger partial charge >= 0.3 is 0 Å². The average Bonchev–Trinajstić information content (AvgIpc) is 3.25. The summed E-state index contributed by atoms with van der Waals surface area (Å²) in [4.78, 5) is 9.38. The van der Waals surface area contributed by atoms with Gasteiger partial charge in [-0.3, -0.25) is 0 Å². The number of aliphatic imine (C=N–C) groups is 1. The van der Waals surface area contributed by atoms with Crippen molar-refractivity contribution in [3.8, 4) is 11.5 Å². The molecule has 0 spiro atoms. The van der Waals surface area contributed by atoms with Gasteiger partial charge in [-0.2, -0.15) is 0 Å². The van der Waals surface area contributed by atoms with E-state index in [0.29, 0.717) is 17.3 Å². The lowest BCUT2D eigenvalue weighted by molar-refractivity contribution is 0.412. The summed E-state index contributed by atoms with van der Waals surface area (Å²) in [6.07, 6.45) is 20.6. The van der Waals surface area contributed by atoms with Crippen molar-refractivity contribution in [1.29, 1.82) is 0 Å². The highest BCUT2D eigenvalue weighted by molar-refractivity contribution is 5.86. The number of benzene rings is 2. The fourth-order valence-electron chi connectivity index (χ4n) is 4.74. The average molecular weight is 492 g/mol. The normalized spacial score (nSPS) is 11.6. The maximum Gasteiger partial charge on any atom is 0.230 e. The van der Waals surface area contributed by atoms with Gasteiger partial charge in [0.2, 0.25) is 5.95 Å². The minimum Gasteiger partial charge on any atom is -0.507 e. The molecule has 0 radical (unpaired) electrons. The van der Waals surface area contributed by atoms with Crippen LogP contribution in [0.3, 0.4) is 0 Å². The van der Waals surface area contributed by atoms with Gasteiger partial charge < -0.3 is 14.4 Å². The molecule has 5 heteroatoms. The molecule has 0 unspecified atom stereocenters. The zero-order chi connectivity index (χ0) is 25.4. The summed E-state index contributed by atoms with van der Waals surface area (Å²) in [7, 11) is 1.61. The molecule has 1 N–H and O–H groups in total. The summed E-state index contributed by atoms with van der Waals surface area (Å²) in [5.41, 5.74) is 2.67. The number of hydrogen-bond donors (Lipinski definition) is 1. The SMILES string of the molecule is CCCCCCCCCCCCCCCCn1c(N=Cc2cc(OC)ccc2O)nc2ccccc21. The number of fused-ring (bicyclic) bond motifs is 1. The molecule has 0 saturated carbocycles. The first-order valence-electron chi connectivity index (χ1n) is 14.1. The van der Waals surface area contributed by atoms with E-state index in [1.54, 1.807) is 31.5 Å². The fraction of sp³-hybridized carbons (Fsp3) is 0.548. The summed E-state index contributed by atoms with van der Waals surface area (Å²) < 4.78 is 7.47. The second-order valence-corrected chi connectivity index (χ2v) is 9.83. The maximum absolute atomic E-state index is 10.2. The van der Waals surface area contributed by atoms with E-state index in [-0.39, 0.29) is 5.75 Å². The highest BCUT2D eigenvalue weighted by Crippen LogP contribution is 2.25. The van der Waals surface area contributed by atoms with Crippen LogP contribution in [-0.4, -0.2) is 28.0 Å². The lowest BCUT2D eigenvalue weighted by atomic mass is 10.0. The molecule has 0 fully saturated rings. The van der Waals surface area contributed by atoms with E-state index in [9.17, 15) is 5.11 Å². The number of phenolic OH excluding ortho intramolecular Hbond substituents is 1. The van der Waals surface area contributed by atoms with Gasteiger partial charge in [0.25, 0.3) is 0 Å². The minimum atomic E-state index is 0.175. The maximum atomic E-state index is 10.2. The number of aromatic hydroxyl groups is 1. The van der Waals surface area contributed by atoms with Crippen LogP contribution >= 0.6 is 0 Å². The summed E-state index contributed by atoms with van der Waals surface area (Å²) in [5.74, 6) is 1.53. The number of phenols is 1. The number of aryl methyl sites for hydroxylation is 1.